The Kier molecular flexibility index (Phi) is 8.19. The van der Waals surface area contributed by atoms with Crippen molar-refractivity contribution in [2.75, 3.05) is 18.0 Å². The first-order valence-corrected chi connectivity index (χ1v) is 12.3. The number of nitro groups is 1. The van der Waals surface area contributed by atoms with E-state index in [0.717, 1.165) is 18.4 Å². The van der Waals surface area contributed by atoms with Gasteiger partial charge in [0.05, 0.1) is 10.6 Å². The van der Waals surface area contributed by atoms with Crippen LogP contribution >= 0.6 is 0 Å². The normalized spacial score (nSPS) is 14.9. The third-order valence-electron chi connectivity index (χ3n) is 6.19. The maximum absolute atomic E-state index is 12.1. The Balaban J connectivity index is 1.53. The predicted octanol–water partition coefficient (Wildman–Crippen LogP) is 5.25. The first-order chi connectivity index (χ1) is 17.5. The molecule has 0 aliphatic carbocycles. The smallest absolute Gasteiger partial charge is 0.351 e. The molecule has 0 spiro atoms. The lowest BCUT2D eigenvalue weighted by atomic mass is 9.96. The van der Waals surface area contributed by atoms with Crippen molar-refractivity contribution >= 4 is 17.2 Å². The fourth-order valence-electron chi connectivity index (χ4n) is 4.11. The summed E-state index contributed by atoms with van der Waals surface area (Å²) < 4.78 is 5.46. The highest BCUT2D eigenvalue weighted by Crippen LogP contribution is 2.37. The van der Waals surface area contributed by atoms with Crippen LogP contribution in [0.4, 0.5) is 11.5 Å². The second kappa shape index (κ2) is 11.7. The SMILES string of the molecule is CCCC/C(=N/Oc1ncnc(N2CCC(c3nc(C(C)C)no3)CC2)c1[N+](=O)[O-])c1ccccc1. The fourth-order valence-corrected chi connectivity index (χ4v) is 4.11. The van der Waals surface area contributed by atoms with E-state index in [0.29, 0.717) is 49.8 Å². The zero-order valence-corrected chi connectivity index (χ0v) is 20.8. The largest absolute Gasteiger partial charge is 0.375 e. The van der Waals surface area contributed by atoms with E-state index in [9.17, 15) is 10.1 Å². The third-order valence-corrected chi connectivity index (χ3v) is 6.19. The second-order valence-corrected chi connectivity index (χ2v) is 9.11. The molecular formula is C25H31N7O4. The minimum atomic E-state index is -0.507. The molecule has 3 heterocycles. The number of nitrogens with zero attached hydrogens (tertiary/aromatic N) is 7. The van der Waals surface area contributed by atoms with E-state index in [4.69, 9.17) is 9.36 Å². The van der Waals surface area contributed by atoms with Gasteiger partial charge in [0.1, 0.15) is 6.33 Å². The number of hydrogen-bond donors (Lipinski definition) is 0. The summed E-state index contributed by atoms with van der Waals surface area (Å²) in [5.41, 5.74) is 1.34. The van der Waals surface area contributed by atoms with E-state index in [2.05, 4.69) is 32.2 Å². The molecule has 0 unspecified atom stereocenters. The molecule has 1 saturated heterocycles. The van der Waals surface area contributed by atoms with E-state index in [1.54, 1.807) is 0 Å². The van der Waals surface area contributed by atoms with Gasteiger partial charge in [-0.15, -0.1) is 0 Å². The Morgan fingerprint density at radius 2 is 2.00 bits per heavy atom. The maximum Gasteiger partial charge on any atom is 0.375 e. The fraction of sp³-hybridized carbons (Fsp3) is 0.480. The number of unbranched alkanes of at least 4 members (excludes halogenated alkanes) is 1. The molecule has 3 aromatic rings. The van der Waals surface area contributed by atoms with Crippen LogP contribution in [0.25, 0.3) is 0 Å². The molecule has 0 N–H and O–H groups in total. The lowest BCUT2D eigenvalue weighted by Gasteiger charge is -2.30. The molecule has 2 aromatic heterocycles. The first kappa shape index (κ1) is 25.2. The molecular weight excluding hydrogens is 462 g/mol. The van der Waals surface area contributed by atoms with Gasteiger partial charge in [0, 0.05) is 24.9 Å². The van der Waals surface area contributed by atoms with Crippen molar-refractivity contribution < 1.29 is 14.3 Å². The van der Waals surface area contributed by atoms with Crippen LogP contribution in [0.3, 0.4) is 0 Å². The molecule has 0 bridgehead atoms. The van der Waals surface area contributed by atoms with Gasteiger partial charge < -0.3 is 14.3 Å². The van der Waals surface area contributed by atoms with Gasteiger partial charge >= 0.3 is 11.6 Å². The van der Waals surface area contributed by atoms with E-state index in [1.807, 2.05) is 49.1 Å². The maximum atomic E-state index is 12.1. The summed E-state index contributed by atoms with van der Waals surface area (Å²) in [5, 5.41) is 20.4. The molecule has 1 aliphatic heterocycles. The van der Waals surface area contributed by atoms with E-state index in [-0.39, 0.29) is 29.2 Å². The van der Waals surface area contributed by atoms with Gasteiger partial charge in [-0.05, 0) is 31.2 Å². The first-order valence-electron chi connectivity index (χ1n) is 12.3. The van der Waals surface area contributed by atoms with Crippen LogP contribution in [0.2, 0.25) is 0 Å². The highest BCUT2D eigenvalue weighted by molar-refractivity contribution is 6.00. The summed E-state index contributed by atoms with van der Waals surface area (Å²) in [6.45, 7) is 7.23. The number of piperidine rings is 1. The molecule has 0 atom stereocenters. The molecule has 4 rings (SSSR count). The average molecular weight is 494 g/mol. The molecule has 1 aliphatic rings. The topological polar surface area (TPSA) is 133 Å². The average Bonchev–Trinajstić information content (AvgIpc) is 3.40. The molecule has 190 valence electrons. The van der Waals surface area contributed by atoms with Crippen molar-refractivity contribution in [3.8, 4) is 5.88 Å². The van der Waals surface area contributed by atoms with Gasteiger partial charge in [-0.3, -0.25) is 10.1 Å². The van der Waals surface area contributed by atoms with Crippen LogP contribution in [-0.4, -0.2) is 43.8 Å². The van der Waals surface area contributed by atoms with Gasteiger partial charge in [0.15, 0.2) is 5.82 Å². The second-order valence-electron chi connectivity index (χ2n) is 9.11. The number of oxime groups is 1. The summed E-state index contributed by atoms with van der Waals surface area (Å²) in [6.07, 6.45) is 5.30. The van der Waals surface area contributed by atoms with Crippen molar-refractivity contribution in [1.29, 1.82) is 0 Å². The predicted molar refractivity (Wildman–Crippen MR) is 134 cm³/mol. The zero-order valence-electron chi connectivity index (χ0n) is 20.8. The van der Waals surface area contributed by atoms with Gasteiger partial charge in [-0.2, -0.15) is 9.97 Å². The molecule has 0 saturated carbocycles. The number of rotatable bonds is 10. The number of hydrogen-bond acceptors (Lipinski definition) is 10. The lowest BCUT2D eigenvalue weighted by Crippen LogP contribution is -2.34. The van der Waals surface area contributed by atoms with Crippen molar-refractivity contribution in [3.05, 3.63) is 64.1 Å². The monoisotopic (exact) mass is 493 g/mol. The minimum Gasteiger partial charge on any atom is -0.351 e. The molecule has 0 radical (unpaired) electrons. The third kappa shape index (κ3) is 5.84. The quantitative estimate of drug-likeness (QED) is 0.211. The van der Waals surface area contributed by atoms with Crippen LogP contribution < -0.4 is 9.74 Å². The van der Waals surface area contributed by atoms with Gasteiger partial charge in [0.2, 0.25) is 11.7 Å². The number of aromatic nitrogens is 4. The summed E-state index contributed by atoms with van der Waals surface area (Å²) >= 11 is 0. The molecule has 0 amide bonds. The van der Waals surface area contributed by atoms with E-state index < -0.39 is 4.92 Å². The van der Waals surface area contributed by atoms with Crippen LogP contribution in [0.15, 0.2) is 46.3 Å². The van der Waals surface area contributed by atoms with Crippen LogP contribution in [-0.2, 0) is 0 Å². The summed E-state index contributed by atoms with van der Waals surface area (Å²) in [7, 11) is 0. The minimum absolute atomic E-state index is 0.106. The summed E-state index contributed by atoms with van der Waals surface area (Å²) in [5.74, 6) is 1.66. The van der Waals surface area contributed by atoms with Gasteiger partial charge in [0.25, 0.3) is 0 Å². The van der Waals surface area contributed by atoms with Gasteiger partial charge in [-0.25, -0.2) is 4.98 Å². The summed E-state index contributed by atoms with van der Waals surface area (Å²) in [6, 6.07) is 9.64. The van der Waals surface area contributed by atoms with Crippen molar-refractivity contribution in [2.24, 2.45) is 5.16 Å². The zero-order chi connectivity index (χ0) is 25.5. The Hall–Kier alpha value is -3.89. The van der Waals surface area contributed by atoms with Crippen LogP contribution in [0, 0.1) is 10.1 Å². The highest BCUT2D eigenvalue weighted by atomic mass is 16.7. The molecule has 11 heteroatoms. The Morgan fingerprint density at radius 1 is 1.25 bits per heavy atom. The van der Waals surface area contributed by atoms with Crippen molar-refractivity contribution in [3.63, 3.8) is 0 Å². The lowest BCUT2D eigenvalue weighted by molar-refractivity contribution is -0.385. The van der Waals surface area contributed by atoms with Crippen LogP contribution in [0.1, 0.15) is 82.0 Å². The highest BCUT2D eigenvalue weighted by Gasteiger charge is 2.33. The van der Waals surface area contributed by atoms with Crippen molar-refractivity contribution in [2.45, 2.75) is 64.7 Å². The van der Waals surface area contributed by atoms with E-state index in [1.165, 1.54) is 6.33 Å². The molecule has 36 heavy (non-hydrogen) atoms. The van der Waals surface area contributed by atoms with Gasteiger partial charge in [-0.1, -0.05) is 67.8 Å². The Bertz CT molecular complexity index is 1190. The number of benzene rings is 1. The molecule has 1 aromatic carbocycles. The molecule has 11 nitrogen and oxygen atoms in total. The van der Waals surface area contributed by atoms with E-state index >= 15 is 0 Å². The van der Waals surface area contributed by atoms with Crippen LogP contribution in [0.5, 0.6) is 5.88 Å². The Labute approximate surface area is 209 Å². The number of anilines is 1. The standard InChI is InChI=1S/C25H31N7O4/c1-4-5-11-20(18-9-7-6-8-10-18)29-36-25-21(32(33)34)23(26-16-27-25)31-14-12-19(13-15-31)24-28-22(17(2)3)30-35-24/h6-10,16-17,19H,4-5,11-15H2,1-3H3/b29-20-. The molecule has 1 fully saturated rings. The summed E-state index contributed by atoms with van der Waals surface area (Å²) in [4.78, 5) is 31.8. The Morgan fingerprint density at radius 3 is 2.64 bits per heavy atom. The van der Waals surface area contributed by atoms with Crippen molar-refractivity contribution in [1.82, 2.24) is 20.1 Å².